The van der Waals surface area contributed by atoms with E-state index in [1.807, 2.05) is 47.4 Å². The molecule has 1 aliphatic rings. The van der Waals surface area contributed by atoms with E-state index < -0.39 is 0 Å². The van der Waals surface area contributed by atoms with Gasteiger partial charge in [0.15, 0.2) is 0 Å². The van der Waals surface area contributed by atoms with E-state index in [1.165, 1.54) is 0 Å². The molecule has 0 spiro atoms. The van der Waals surface area contributed by atoms with Crippen molar-refractivity contribution in [2.24, 2.45) is 0 Å². The molecule has 0 atom stereocenters. The second kappa shape index (κ2) is 5.68. The molecule has 114 valence electrons. The Labute approximate surface area is 134 Å². The molecule has 2 aromatic carbocycles. The predicted molar refractivity (Wildman–Crippen MR) is 89.3 cm³/mol. The lowest BCUT2D eigenvalue weighted by Crippen LogP contribution is -2.57. The van der Waals surface area contributed by atoms with Gasteiger partial charge in [-0.3, -0.25) is 4.79 Å². The van der Waals surface area contributed by atoms with Crippen LogP contribution in [0, 0.1) is 0 Å². The Balaban J connectivity index is 1.42. The van der Waals surface area contributed by atoms with Gasteiger partial charge in [-0.05, 0) is 29.0 Å². The van der Waals surface area contributed by atoms with Gasteiger partial charge in [0, 0.05) is 31.0 Å². The molecule has 0 unspecified atom stereocenters. The molecular formula is C18H16N4O. The first-order valence-electron chi connectivity index (χ1n) is 7.61. The van der Waals surface area contributed by atoms with Crippen molar-refractivity contribution in [3.8, 4) is 0 Å². The maximum Gasteiger partial charge on any atom is 0.254 e. The second-order valence-corrected chi connectivity index (χ2v) is 5.69. The highest BCUT2D eigenvalue weighted by atomic mass is 16.2. The molecule has 1 saturated heterocycles. The lowest BCUT2D eigenvalue weighted by atomic mass is 10.0. The largest absolute Gasteiger partial charge is 0.348 e. The zero-order chi connectivity index (χ0) is 15.6. The normalized spacial score (nSPS) is 14.5. The lowest BCUT2D eigenvalue weighted by molar-refractivity contribution is 0.0625. The summed E-state index contributed by atoms with van der Waals surface area (Å²) < 4.78 is 0. The van der Waals surface area contributed by atoms with E-state index in [4.69, 9.17) is 0 Å². The van der Waals surface area contributed by atoms with Crippen LogP contribution in [0.4, 0.5) is 5.95 Å². The van der Waals surface area contributed by atoms with Gasteiger partial charge < -0.3 is 10.2 Å². The molecule has 1 N–H and O–H groups in total. The van der Waals surface area contributed by atoms with Gasteiger partial charge in [-0.25, -0.2) is 9.97 Å². The van der Waals surface area contributed by atoms with Crippen molar-refractivity contribution < 1.29 is 4.79 Å². The quantitative estimate of drug-likeness (QED) is 0.808. The van der Waals surface area contributed by atoms with Crippen LogP contribution >= 0.6 is 0 Å². The van der Waals surface area contributed by atoms with E-state index in [9.17, 15) is 4.79 Å². The third-order valence-electron chi connectivity index (χ3n) is 4.06. The third-order valence-corrected chi connectivity index (χ3v) is 4.06. The van der Waals surface area contributed by atoms with Crippen LogP contribution in [0.5, 0.6) is 0 Å². The molecule has 1 fully saturated rings. The van der Waals surface area contributed by atoms with Crippen LogP contribution in [-0.4, -0.2) is 39.9 Å². The first kappa shape index (κ1) is 13.7. The Kier molecular flexibility index (Phi) is 3.38. The number of amides is 1. The van der Waals surface area contributed by atoms with Crippen molar-refractivity contribution in [3.63, 3.8) is 0 Å². The van der Waals surface area contributed by atoms with Crippen LogP contribution in [-0.2, 0) is 0 Å². The zero-order valence-corrected chi connectivity index (χ0v) is 12.5. The van der Waals surface area contributed by atoms with Crippen LogP contribution in [0.3, 0.4) is 0 Å². The summed E-state index contributed by atoms with van der Waals surface area (Å²) >= 11 is 0. The van der Waals surface area contributed by atoms with Gasteiger partial charge in [-0.15, -0.1) is 0 Å². The second-order valence-electron chi connectivity index (χ2n) is 5.69. The molecule has 1 aliphatic heterocycles. The fourth-order valence-electron chi connectivity index (χ4n) is 2.80. The summed E-state index contributed by atoms with van der Waals surface area (Å²) in [6.07, 6.45) is 3.40. The van der Waals surface area contributed by atoms with Gasteiger partial charge in [0.1, 0.15) is 0 Å². The van der Waals surface area contributed by atoms with E-state index >= 15 is 0 Å². The molecule has 1 amide bonds. The Morgan fingerprint density at radius 2 is 1.74 bits per heavy atom. The first-order valence-corrected chi connectivity index (χ1v) is 7.61. The maximum atomic E-state index is 12.5. The summed E-state index contributed by atoms with van der Waals surface area (Å²) in [6.45, 7) is 1.34. The van der Waals surface area contributed by atoms with Crippen LogP contribution in [0.2, 0.25) is 0 Å². The lowest BCUT2D eigenvalue weighted by Gasteiger charge is -2.39. The van der Waals surface area contributed by atoms with E-state index in [0.29, 0.717) is 19.0 Å². The first-order chi connectivity index (χ1) is 11.3. The number of nitrogens with one attached hydrogen (secondary N) is 1. The Morgan fingerprint density at radius 1 is 1.00 bits per heavy atom. The Bertz CT molecular complexity index is 844. The van der Waals surface area contributed by atoms with Gasteiger partial charge in [-0.2, -0.15) is 0 Å². The van der Waals surface area contributed by atoms with Gasteiger partial charge >= 0.3 is 0 Å². The number of benzene rings is 2. The minimum absolute atomic E-state index is 0.0720. The number of rotatable bonds is 3. The topological polar surface area (TPSA) is 58.1 Å². The summed E-state index contributed by atoms with van der Waals surface area (Å²) in [4.78, 5) is 22.6. The number of fused-ring (bicyclic) bond motifs is 1. The van der Waals surface area contributed by atoms with Gasteiger partial charge in [0.05, 0.1) is 6.04 Å². The highest BCUT2D eigenvalue weighted by molar-refractivity contribution is 5.99. The third kappa shape index (κ3) is 2.73. The number of hydrogen-bond acceptors (Lipinski definition) is 4. The summed E-state index contributed by atoms with van der Waals surface area (Å²) in [5, 5.41) is 5.46. The predicted octanol–water partition coefficient (Wildman–Crippen LogP) is 2.57. The van der Waals surface area contributed by atoms with Crippen molar-refractivity contribution in [1.82, 2.24) is 14.9 Å². The number of carbonyl (C=O) groups is 1. The number of nitrogens with zero attached hydrogens (tertiary/aromatic N) is 3. The average Bonchev–Trinajstić information content (AvgIpc) is 2.57. The molecule has 0 bridgehead atoms. The van der Waals surface area contributed by atoms with Crippen molar-refractivity contribution in [3.05, 3.63) is 66.5 Å². The van der Waals surface area contributed by atoms with E-state index in [1.54, 1.807) is 18.5 Å². The minimum Gasteiger partial charge on any atom is -0.348 e. The smallest absolute Gasteiger partial charge is 0.254 e. The average molecular weight is 304 g/mol. The SMILES string of the molecule is O=C(c1ccc2ccccc2c1)N1CC(Nc2ncccn2)C1. The number of likely N-dealkylation sites (tertiary alicyclic amines) is 1. The Morgan fingerprint density at radius 3 is 2.52 bits per heavy atom. The van der Waals surface area contributed by atoms with Crippen molar-refractivity contribution >= 4 is 22.6 Å². The zero-order valence-electron chi connectivity index (χ0n) is 12.5. The van der Waals surface area contributed by atoms with E-state index in [2.05, 4.69) is 15.3 Å². The molecule has 4 rings (SSSR count). The minimum atomic E-state index is 0.0720. The molecule has 0 saturated carbocycles. The summed E-state index contributed by atoms with van der Waals surface area (Å²) in [6, 6.07) is 15.9. The molecule has 0 aliphatic carbocycles. The molecule has 2 heterocycles. The van der Waals surface area contributed by atoms with Gasteiger partial charge in [0.2, 0.25) is 5.95 Å². The monoisotopic (exact) mass is 304 g/mol. The summed E-state index contributed by atoms with van der Waals surface area (Å²) in [5.41, 5.74) is 0.734. The Hall–Kier alpha value is -2.95. The van der Waals surface area contributed by atoms with Gasteiger partial charge in [0.25, 0.3) is 5.91 Å². The summed E-state index contributed by atoms with van der Waals surface area (Å²) in [5.74, 6) is 0.679. The summed E-state index contributed by atoms with van der Waals surface area (Å²) in [7, 11) is 0. The molecular weight excluding hydrogens is 288 g/mol. The van der Waals surface area contributed by atoms with Crippen LogP contribution in [0.15, 0.2) is 60.9 Å². The van der Waals surface area contributed by atoms with Crippen molar-refractivity contribution in [1.29, 1.82) is 0 Å². The maximum absolute atomic E-state index is 12.5. The fourth-order valence-corrected chi connectivity index (χ4v) is 2.80. The number of aromatic nitrogens is 2. The highest BCUT2D eigenvalue weighted by Crippen LogP contribution is 2.20. The molecule has 5 nitrogen and oxygen atoms in total. The van der Waals surface area contributed by atoms with Crippen LogP contribution in [0.25, 0.3) is 10.8 Å². The standard InChI is InChI=1S/C18H16N4O/c23-17(15-7-6-13-4-1-2-5-14(13)10-15)22-11-16(12-22)21-18-19-8-3-9-20-18/h1-10,16H,11-12H2,(H,19,20,21). The fraction of sp³-hybridized carbons (Fsp3) is 0.167. The van der Waals surface area contributed by atoms with Gasteiger partial charge in [-0.1, -0.05) is 30.3 Å². The number of anilines is 1. The molecule has 3 aromatic rings. The van der Waals surface area contributed by atoms with Crippen molar-refractivity contribution in [2.45, 2.75) is 6.04 Å². The molecule has 5 heteroatoms. The molecule has 1 aromatic heterocycles. The van der Waals surface area contributed by atoms with E-state index in [-0.39, 0.29) is 11.9 Å². The highest BCUT2D eigenvalue weighted by Gasteiger charge is 2.31. The van der Waals surface area contributed by atoms with Crippen molar-refractivity contribution in [2.75, 3.05) is 18.4 Å². The molecule has 23 heavy (non-hydrogen) atoms. The van der Waals surface area contributed by atoms with Crippen LogP contribution in [0.1, 0.15) is 10.4 Å². The van der Waals surface area contributed by atoms with Crippen LogP contribution < -0.4 is 5.32 Å². The number of carbonyl (C=O) groups excluding carboxylic acids is 1. The molecule has 0 radical (unpaired) electrons. The number of hydrogen-bond donors (Lipinski definition) is 1. The van der Waals surface area contributed by atoms with E-state index in [0.717, 1.165) is 16.3 Å².